The molecule has 0 amide bonds. The van der Waals surface area contributed by atoms with Crippen LogP contribution in [0.2, 0.25) is 0 Å². The van der Waals surface area contributed by atoms with Crippen molar-refractivity contribution in [2.45, 2.75) is 20.8 Å². The Bertz CT molecular complexity index is 361. The maximum absolute atomic E-state index is 8.82. The Morgan fingerprint density at radius 2 is 1.83 bits per heavy atom. The molecule has 0 spiro atoms. The van der Waals surface area contributed by atoms with E-state index < -0.39 is 0 Å². The average Bonchev–Trinajstić information content (AvgIpc) is 2.08. The van der Waals surface area contributed by atoms with E-state index >= 15 is 0 Å². The number of hydrogen-bond donors (Lipinski definition) is 0. The summed E-state index contributed by atoms with van der Waals surface area (Å²) in [7, 11) is 1.07. The molecular formula is C10H13NSi. The topological polar surface area (TPSA) is 23.8 Å². The molecule has 0 aliphatic heterocycles. The van der Waals surface area contributed by atoms with Crippen LogP contribution in [0.1, 0.15) is 22.3 Å². The van der Waals surface area contributed by atoms with E-state index in [4.69, 9.17) is 5.26 Å². The van der Waals surface area contributed by atoms with Crippen LogP contribution in [-0.2, 0) is 0 Å². The highest BCUT2D eigenvalue weighted by atomic mass is 28.1. The van der Waals surface area contributed by atoms with Crippen molar-refractivity contribution in [2.24, 2.45) is 0 Å². The molecule has 0 heterocycles. The summed E-state index contributed by atoms with van der Waals surface area (Å²) in [5, 5.41) is 10.3. The van der Waals surface area contributed by atoms with E-state index in [-0.39, 0.29) is 0 Å². The monoisotopic (exact) mass is 175 g/mol. The summed E-state index contributed by atoms with van der Waals surface area (Å²) in [5.74, 6) is 0. The lowest BCUT2D eigenvalue weighted by Crippen LogP contribution is -2.14. The molecule has 0 atom stereocenters. The first-order chi connectivity index (χ1) is 5.57. The third-order valence-corrected chi connectivity index (χ3v) is 4.14. The first-order valence-corrected chi connectivity index (χ1v) is 5.05. The van der Waals surface area contributed by atoms with Crippen LogP contribution in [-0.4, -0.2) is 10.2 Å². The summed E-state index contributed by atoms with van der Waals surface area (Å²) in [4.78, 5) is 0. The minimum atomic E-state index is 0.824. The minimum absolute atomic E-state index is 0.824. The van der Waals surface area contributed by atoms with Gasteiger partial charge in [0.1, 0.15) is 0 Å². The van der Waals surface area contributed by atoms with Gasteiger partial charge < -0.3 is 0 Å². The van der Waals surface area contributed by atoms with Gasteiger partial charge in [0.25, 0.3) is 0 Å². The molecule has 0 radical (unpaired) electrons. The third kappa shape index (κ3) is 1.28. The Labute approximate surface area is 76.5 Å². The summed E-state index contributed by atoms with van der Waals surface area (Å²) in [6.45, 7) is 6.20. The summed E-state index contributed by atoms with van der Waals surface area (Å²) in [6.07, 6.45) is 0. The highest BCUT2D eigenvalue weighted by Gasteiger charge is 2.05. The fourth-order valence-corrected chi connectivity index (χ4v) is 1.85. The molecule has 62 valence electrons. The number of hydrogen-bond acceptors (Lipinski definition) is 1. The number of nitriles is 1. The van der Waals surface area contributed by atoms with Crippen molar-refractivity contribution in [2.75, 3.05) is 0 Å². The Kier molecular flexibility index (Phi) is 2.34. The van der Waals surface area contributed by atoms with Crippen LogP contribution >= 0.6 is 0 Å². The first kappa shape index (κ1) is 9.02. The smallest absolute Gasteiger partial charge is 0.0994 e. The van der Waals surface area contributed by atoms with Crippen LogP contribution in [0.25, 0.3) is 0 Å². The fraction of sp³-hybridized carbons (Fsp3) is 0.300. The number of aryl methyl sites for hydroxylation is 1. The summed E-state index contributed by atoms with van der Waals surface area (Å²) < 4.78 is 0. The van der Waals surface area contributed by atoms with Gasteiger partial charge in [-0.05, 0) is 38.0 Å². The van der Waals surface area contributed by atoms with Crippen LogP contribution < -0.4 is 5.19 Å². The molecule has 0 N–H and O–H groups in total. The van der Waals surface area contributed by atoms with Gasteiger partial charge in [-0.25, -0.2) is 0 Å². The maximum atomic E-state index is 8.82. The lowest BCUT2D eigenvalue weighted by atomic mass is 10.0. The second-order valence-corrected chi connectivity index (χ2v) is 4.23. The minimum Gasteiger partial charge on any atom is -0.192 e. The molecule has 0 bridgehead atoms. The number of rotatable bonds is 0. The molecule has 12 heavy (non-hydrogen) atoms. The van der Waals surface area contributed by atoms with Crippen LogP contribution in [0.15, 0.2) is 6.07 Å². The maximum Gasteiger partial charge on any atom is 0.0994 e. The second kappa shape index (κ2) is 3.12. The van der Waals surface area contributed by atoms with Crippen molar-refractivity contribution >= 4 is 15.4 Å². The Hall–Kier alpha value is -1.07. The van der Waals surface area contributed by atoms with Gasteiger partial charge in [0.2, 0.25) is 0 Å². The largest absolute Gasteiger partial charge is 0.192 e. The van der Waals surface area contributed by atoms with Gasteiger partial charge in [-0.15, -0.1) is 0 Å². The van der Waals surface area contributed by atoms with Gasteiger partial charge in [0.05, 0.1) is 11.6 Å². The molecule has 1 rings (SSSR count). The molecule has 0 unspecified atom stereocenters. The molecule has 1 nitrogen and oxygen atoms in total. The van der Waals surface area contributed by atoms with Gasteiger partial charge in [-0.1, -0.05) is 10.8 Å². The van der Waals surface area contributed by atoms with Gasteiger partial charge in [-0.3, -0.25) is 0 Å². The molecule has 0 saturated heterocycles. The standard InChI is InChI=1S/C10H13NSi/c1-6-4-9(5-11)7(2)8(3)10(6)12/h4H,1-3,12H3. The van der Waals surface area contributed by atoms with Crippen LogP contribution in [0.4, 0.5) is 0 Å². The Balaban J connectivity index is 3.52. The normalized spacial score (nSPS) is 9.83. The SMILES string of the molecule is Cc1cc(C#N)c(C)c(C)c1[SiH3]. The van der Waals surface area contributed by atoms with E-state index in [1.54, 1.807) is 0 Å². The van der Waals surface area contributed by atoms with Crippen molar-refractivity contribution in [3.63, 3.8) is 0 Å². The van der Waals surface area contributed by atoms with Crippen molar-refractivity contribution < 1.29 is 0 Å². The number of nitrogens with zero attached hydrogens (tertiary/aromatic N) is 1. The zero-order valence-electron chi connectivity index (χ0n) is 8.02. The molecule has 0 aliphatic carbocycles. The predicted molar refractivity (Wildman–Crippen MR) is 54.9 cm³/mol. The second-order valence-electron chi connectivity index (χ2n) is 3.23. The Morgan fingerprint density at radius 3 is 2.33 bits per heavy atom. The quantitative estimate of drug-likeness (QED) is 0.526. The third-order valence-electron chi connectivity index (χ3n) is 2.60. The highest BCUT2D eigenvalue weighted by molar-refractivity contribution is 6.34. The van der Waals surface area contributed by atoms with Crippen LogP contribution in [0, 0.1) is 32.1 Å². The summed E-state index contributed by atoms with van der Waals surface area (Å²) >= 11 is 0. The van der Waals surface area contributed by atoms with E-state index in [0.717, 1.165) is 21.4 Å². The van der Waals surface area contributed by atoms with E-state index in [1.807, 2.05) is 13.0 Å². The van der Waals surface area contributed by atoms with Crippen molar-refractivity contribution in [3.8, 4) is 6.07 Å². The zero-order valence-corrected chi connectivity index (χ0v) is 10.0. The van der Waals surface area contributed by atoms with E-state index in [0.29, 0.717) is 0 Å². The molecule has 1 aromatic rings. The van der Waals surface area contributed by atoms with Crippen LogP contribution in [0.5, 0.6) is 0 Å². The molecule has 0 saturated carbocycles. The summed E-state index contributed by atoms with van der Waals surface area (Å²) in [6, 6.07) is 4.21. The average molecular weight is 175 g/mol. The molecule has 0 aromatic heterocycles. The van der Waals surface area contributed by atoms with Gasteiger partial charge in [0.15, 0.2) is 0 Å². The first-order valence-electron chi connectivity index (χ1n) is 4.05. The van der Waals surface area contributed by atoms with Crippen LogP contribution in [0.3, 0.4) is 0 Å². The van der Waals surface area contributed by atoms with E-state index in [9.17, 15) is 0 Å². The van der Waals surface area contributed by atoms with Crippen molar-refractivity contribution in [3.05, 3.63) is 28.3 Å². The van der Waals surface area contributed by atoms with Crippen molar-refractivity contribution in [1.82, 2.24) is 0 Å². The lowest BCUT2D eigenvalue weighted by Gasteiger charge is -2.09. The molecule has 0 aliphatic rings. The predicted octanol–water partition coefficient (Wildman–Crippen LogP) is 0.474. The van der Waals surface area contributed by atoms with E-state index in [2.05, 4.69) is 19.9 Å². The highest BCUT2D eigenvalue weighted by Crippen LogP contribution is 2.11. The summed E-state index contributed by atoms with van der Waals surface area (Å²) in [5.41, 5.74) is 4.54. The molecular weight excluding hydrogens is 162 g/mol. The lowest BCUT2D eigenvalue weighted by molar-refractivity contribution is 1.30. The fourth-order valence-electron chi connectivity index (χ4n) is 1.33. The van der Waals surface area contributed by atoms with Gasteiger partial charge in [0, 0.05) is 10.2 Å². The zero-order chi connectivity index (χ0) is 9.30. The molecule has 2 heteroatoms. The van der Waals surface area contributed by atoms with Gasteiger partial charge in [-0.2, -0.15) is 5.26 Å². The van der Waals surface area contributed by atoms with Crippen molar-refractivity contribution in [1.29, 1.82) is 5.26 Å². The van der Waals surface area contributed by atoms with E-state index in [1.165, 1.54) is 16.3 Å². The molecule has 1 aromatic carbocycles. The Morgan fingerprint density at radius 1 is 1.25 bits per heavy atom. The van der Waals surface area contributed by atoms with Gasteiger partial charge >= 0.3 is 0 Å². The molecule has 0 fully saturated rings. The number of benzene rings is 1.